The molecule has 1 amide bonds. The van der Waals surface area contributed by atoms with E-state index >= 15 is 0 Å². The summed E-state index contributed by atoms with van der Waals surface area (Å²) in [5.41, 5.74) is 4.59. The first-order chi connectivity index (χ1) is 17.2. The van der Waals surface area contributed by atoms with Gasteiger partial charge in [-0.2, -0.15) is 5.10 Å². The molecular weight excluding hydrogens is 436 g/mol. The lowest BCUT2D eigenvalue weighted by atomic mass is 9.86. The Bertz CT molecular complexity index is 1020. The number of fused-ring (bicyclic) bond motifs is 1. The maximum Gasteiger partial charge on any atom is 0.225 e. The van der Waals surface area contributed by atoms with Crippen LogP contribution in [0.1, 0.15) is 44.1 Å². The lowest BCUT2D eigenvalue weighted by molar-refractivity contribution is -0.134. The van der Waals surface area contributed by atoms with Gasteiger partial charge in [0.25, 0.3) is 0 Å². The number of carbonyl (C=O) groups is 1. The lowest BCUT2D eigenvalue weighted by Crippen LogP contribution is -2.57. The van der Waals surface area contributed by atoms with E-state index in [2.05, 4.69) is 61.7 Å². The fraction of sp³-hybridized carbons (Fsp3) is 0.643. The quantitative estimate of drug-likeness (QED) is 0.727. The van der Waals surface area contributed by atoms with Crippen molar-refractivity contribution in [2.75, 3.05) is 57.3 Å². The summed E-state index contributed by atoms with van der Waals surface area (Å²) in [6.07, 6.45) is 11.2. The molecule has 3 atom stereocenters. The first kappa shape index (κ1) is 21.9. The minimum atomic E-state index is 0.332. The molecule has 1 aromatic carbocycles. The van der Waals surface area contributed by atoms with E-state index in [0.717, 1.165) is 51.9 Å². The summed E-state index contributed by atoms with van der Waals surface area (Å²) in [6.45, 7) is 8.45. The zero-order chi connectivity index (χ0) is 23.4. The van der Waals surface area contributed by atoms with Crippen LogP contribution in [-0.2, 0) is 4.79 Å². The minimum Gasteiger partial charge on any atom is -0.371 e. The minimum absolute atomic E-state index is 0.332. The standard InChI is InChI=1S/C28H38N6O/c35-27(22-1-2-22)32-15-13-31(14-16-32)25-7-10-30-34-18-23(17-26(25)34)21-3-5-24(6-4-21)33-12-9-28(20-33)8-11-29-19-28/h3-6,10,18,22,25-26,29H,1-2,7-9,11-17,19-20H2. The summed E-state index contributed by atoms with van der Waals surface area (Å²) in [6, 6.07) is 10.2. The van der Waals surface area contributed by atoms with Gasteiger partial charge in [-0.05, 0) is 61.9 Å². The number of piperazine rings is 1. The molecule has 7 heteroatoms. The molecule has 4 fully saturated rings. The number of hydrogen-bond acceptors (Lipinski definition) is 6. The van der Waals surface area contributed by atoms with Gasteiger partial charge in [-0.15, -0.1) is 0 Å². The van der Waals surface area contributed by atoms with Crippen molar-refractivity contribution in [2.24, 2.45) is 16.4 Å². The molecule has 0 bridgehead atoms. The summed E-state index contributed by atoms with van der Waals surface area (Å²) in [5.74, 6) is 0.729. The van der Waals surface area contributed by atoms with Crippen LogP contribution in [0.2, 0.25) is 0 Å². The van der Waals surface area contributed by atoms with Crippen LogP contribution in [0.5, 0.6) is 0 Å². The zero-order valence-electron chi connectivity index (χ0n) is 20.7. The maximum absolute atomic E-state index is 12.5. The molecule has 7 rings (SSSR count). The van der Waals surface area contributed by atoms with Gasteiger partial charge in [0.2, 0.25) is 5.91 Å². The molecule has 1 saturated carbocycles. The molecular formula is C28H38N6O. The van der Waals surface area contributed by atoms with Gasteiger partial charge < -0.3 is 15.1 Å². The van der Waals surface area contributed by atoms with Crippen molar-refractivity contribution >= 4 is 23.4 Å². The van der Waals surface area contributed by atoms with Gasteiger partial charge in [0.1, 0.15) is 0 Å². The van der Waals surface area contributed by atoms with E-state index in [1.807, 2.05) is 0 Å². The Kier molecular flexibility index (Phi) is 5.39. The van der Waals surface area contributed by atoms with E-state index in [1.165, 1.54) is 55.8 Å². The molecule has 5 heterocycles. The molecule has 0 aromatic heterocycles. The van der Waals surface area contributed by atoms with E-state index in [1.54, 1.807) is 0 Å². The predicted octanol–water partition coefficient (Wildman–Crippen LogP) is 2.60. The van der Waals surface area contributed by atoms with Crippen LogP contribution < -0.4 is 10.2 Å². The molecule has 3 saturated heterocycles. The monoisotopic (exact) mass is 474 g/mol. The number of rotatable bonds is 4. The lowest BCUT2D eigenvalue weighted by Gasteiger charge is -2.44. The van der Waals surface area contributed by atoms with Gasteiger partial charge in [0, 0.05) is 87.7 Å². The van der Waals surface area contributed by atoms with E-state index in [4.69, 9.17) is 5.10 Å². The molecule has 1 aliphatic carbocycles. The van der Waals surface area contributed by atoms with E-state index in [-0.39, 0.29) is 0 Å². The van der Waals surface area contributed by atoms with Gasteiger partial charge >= 0.3 is 0 Å². The number of anilines is 1. The fourth-order valence-electron chi connectivity index (χ4n) is 7.10. The van der Waals surface area contributed by atoms with Crippen LogP contribution in [0.25, 0.3) is 5.57 Å². The zero-order valence-corrected chi connectivity index (χ0v) is 20.7. The van der Waals surface area contributed by atoms with Crippen molar-refractivity contribution < 1.29 is 4.79 Å². The second-order valence-electron chi connectivity index (χ2n) is 11.7. The second kappa shape index (κ2) is 8.63. The Labute approximate surface area is 208 Å². The third-order valence-electron chi connectivity index (χ3n) is 9.46. The normalized spacial score (nSPS) is 33.0. The number of hydrazone groups is 1. The number of amides is 1. The summed E-state index contributed by atoms with van der Waals surface area (Å²) >= 11 is 0. The fourth-order valence-corrected chi connectivity index (χ4v) is 7.10. The maximum atomic E-state index is 12.5. The molecule has 1 spiro atoms. The highest BCUT2D eigenvalue weighted by atomic mass is 16.2. The highest BCUT2D eigenvalue weighted by Gasteiger charge is 2.41. The first-order valence-corrected chi connectivity index (χ1v) is 13.8. The van der Waals surface area contributed by atoms with E-state index < -0.39 is 0 Å². The summed E-state index contributed by atoms with van der Waals surface area (Å²) in [4.78, 5) is 19.8. The van der Waals surface area contributed by atoms with Crippen LogP contribution in [0.3, 0.4) is 0 Å². The smallest absolute Gasteiger partial charge is 0.225 e. The molecule has 35 heavy (non-hydrogen) atoms. The van der Waals surface area contributed by atoms with Crippen molar-refractivity contribution in [3.63, 3.8) is 0 Å². The Hall–Kier alpha value is -2.38. The highest BCUT2D eigenvalue weighted by Crippen LogP contribution is 2.40. The van der Waals surface area contributed by atoms with Crippen molar-refractivity contribution in [2.45, 2.75) is 50.6 Å². The molecule has 5 aliphatic heterocycles. The molecule has 186 valence electrons. The number of hydrogen-bond donors (Lipinski definition) is 1. The van der Waals surface area contributed by atoms with Crippen LogP contribution in [0.15, 0.2) is 35.6 Å². The predicted molar refractivity (Wildman–Crippen MR) is 139 cm³/mol. The van der Waals surface area contributed by atoms with Gasteiger partial charge in [0.15, 0.2) is 0 Å². The average Bonchev–Trinajstić information content (AvgIpc) is 3.30. The average molecular weight is 475 g/mol. The Morgan fingerprint density at radius 3 is 2.57 bits per heavy atom. The summed E-state index contributed by atoms with van der Waals surface area (Å²) in [7, 11) is 0. The molecule has 7 nitrogen and oxygen atoms in total. The summed E-state index contributed by atoms with van der Waals surface area (Å²) < 4.78 is 0. The third-order valence-corrected chi connectivity index (χ3v) is 9.46. The topological polar surface area (TPSA) is 54.4 Å². The van der Waals surface area contributed by atoms with Crippen molar-refractivity contribution in [1.29, 1.82) is 0 Å². The number of benzene rings is 1. The Balaban J connectivity index is 0.991. The number of nitrogens with zero attached hydrogens (tertiary/aromatic N) is 5. The van der Waals surface area contributed by atoms with E-state index in [9.17, 15) is 4.79 Å². The molecule has 3 unspecified atom stereocenters. The van der Waals surface area contributed by atoms with Gasteiger partial charge in [-0.25, -0.2) is 0 Å². The third kappa shape index (κ3) is 4.06. The van der Waals surface area contributed by atoms with Crippen LogP contribution in [0.4, 0.5) is 5.69 Å². The van der Waals surface area contributed by atoms with Crippen molar-refractivity contribution in [3.05, 3.63) is 36.0 Å². The Morgan fingerprint density at radius 2 is 1.83 bits per heavy atom. The Morgan fingerprint density at radius 1 is 1.00 bits per heavy atom. The van der Waals surface area contributed by atoms with Crippen LogP contribution in [-0.4, -0.2) is 91.4 Å². The number of carbonyl (C=O) groups excluding carboxylic acids is 1. The molecule has 0 radical (unpaired) electrons. The van der Waals surface area contributed by atoms with Crippen LogP contribution in [0, 0.1) is 11.3 Å². The SMILES string of the molecule is O=C(C1CC1)N1CCN(C2CC=NN3C=C(c4ccc(N5CCC6(CCNC6)C5)cc4)CC23)CC1. The van der Waals surface area contributed by atoms with Crippen molar-refractivity contribution in [3.8, 4) is 0 Å². The van der Waals surface area contributed by atoms with Crippen LogP contribution >= 0.6 is 0 Å². The number of nitrogens with one attached hydrogen (secondary N) is 1. The molecule has 6 aliphatic rings. The first-order valence-electron chi connectivity index (χ1n) is 13.8. The second-order valence-corrected chi connectivity index (χ2v) is 11.7. The van der Waals surface area contributed by atoms with Gasteiger partial charge in [0.05, 0.1) is 6.04 Å². The highest BCUT2D eigenvalue weighted by molar-refractivity contribution is 5.81. The largest absolute Gasteiger partial charge is 0.371 e. The molecule has 1 N–H and O–H groups in total. The molecule has 1 aromatic rings. The van der Waals surface area contributed by atoms with Gasteiger partial charge in [-0.1, -0.05) is 12.1 Å². The van der Waals surface area contributed by atoms with E-state index in [0.29, 0.717) is 29.3 Å². The summed E-state index contributed by atoms with van der Waals surface area (Å²) in [5, 5.41) is 10.5. The van der Waals surface area contributed by atoms with Crippen molar-refractivity contribution in [1.82, 2.24) is 20.1 Å². The van der Waals surface area contributed by atoms with Gasteiger partial charge in [-0.3, -0.25) is 14.7 Å².